The van der Waals surface area contributed by atoms with E-state index in [4.69, 9.17) is 4.74 Å². The normalized spacial score (nSPS) is 22.0. The molecule has 6 heteroatoms. The van der Waals surface area contributed by atoms with Crippen molar-refractivity contribution in [2.45, 2.75) is 19.0 Å². The van der Waals surface area contributed by atoms with E-state index < -0.39 is 9.84 Å². The number of nitrogens with one attached hydrogen (secondary N) is 1. The lowest BCUT2D eigenvalue weighted by Gasteiger charge is -2.11. The van der Waals surface area contributed by atoms with Crippen molar-refractivity contribution in [3.05, 3.63) is 29.6 Å². The molecular weight excluding hydrogens is 257 g/mol. The van der Waals surface area contributed by atoms with Crippen LogP contribution in [0, 0.1) is 5.82 Å². The van der Waals surface area contributed by atoms with Crippen molar-refractivity contribution in [3.63, 3.8) is 0 Å². The van der Waals surface area contributed by atoms with Crippen LogP contribution in [-0.2, 0) is 16.4 Å². The van der Waals surface area contributed by atoms with Crippen LogP contribution < -0.4 is 10.1 Å². The Morgan fingerprint density at radius 2 is 2.28 bits per heavy atom. The second kappa shape index (κ2) is 5.24. The summed E-state index contributed by atoms with van der Waals surface area (Å²) in [6.07, 6.45) is 0.597. The molecule has 1 aromatic rings. The number of hydrogen-bond donors (Lipinski definition) is 1. The van der Waals surface area contributed by atoms with Crippen molar-refractivity contribution < 1.29 is 17.5 Å². The Kier molecular flexibility index (Phi) is 3.87. The van der Waals surface area contributed by atoms with E-state index in [1.165, 1.54) is 13.2 Å². The standard InChI is InChI=1S/C12H16FNO3S/c1-17-11-3-2-9(12(13)6-11)7-14-10-4-5-18(15,16)8-10/h2-3,6,10,14H,4-5,7-8H2,1H3. The number of sulfone groups is 1. The van der Waals surface area contributed by atoms with Gasteiger partial charge in [0.05, 0.1) is 18.6 Å². The van der Waals surface area contributed by atoms with Gasteiger partial charge < -0.3 is 10.1 Å². The highest BCUT2D eigenvalue weighted by Crippen LogP contribution is 2.17. The number of ether oxygens (including phenoxy) is 1. The SMILES string of the molecule is COc1ccc(CNC2CCS(=O)(=O)C2)c(F)c1. The second-order valence-corrected chi connectivity index (χ2v) is 6.67. The van der Waals surface area contributed by atoms with Crippen LogP contribution in [0.25, 0.3) is 0 Å². The van der Waals surface area contributed by atoms with Gasteiger partial charge in [-0.05, 0) is 12.5 Å². The zero-order valence-electron chi connectivity index (χ0n) is 10.1. The fourth-order valence-electron chi connectivity index (χ4n) is 2.01. The first-order valence-electron chi connectivity index (χ1n) is 5.76. The van der Waals surface area contributed by atoms with Gasteiger partial charge in [0.25, 0.3) is 0 Å². The molecule has 0 bridgehead atoms. The van der Waals surface area contributed by atoms with Crippen LogP contribution in [0.5, 0.6) is 5.75 Å². The van der Waals surface area contributed by atoms with Crippen LogP contribution in [0.1, 0.15) is 12.0 Å². The first kappa shape index (κ1) is 13.3. The fourth-order valence-corrected chi connectivity index (χ4v) is 3.72. The van der Waals surface area contributed by atoms with Crippen LogP contribution in [0.15, 0.2) is 18.2 Å². The summed E-state index contributed by atoms with van der Waals surface area (Å²) < 4.78 is 41.1. The molecule has 0 spiro atoms. The van der Waals surface area contributed by atoms with E-state index >= 15 is 0 Å². The molecular formula is C12H16FNO3S. The summed E-state index contributed by atoms with van der Waals surface area (Å²) in [7, 11) is -1.41. The molecule has 18 heavy (non-hydrogen) atoms. The Labute approximate surface area is 106 Å². The molecule has 1 atom stereocenters. The maximum Gasteiger partial charge on any atom is 0.151 e. The summed E-state index contributed by atoms with van der Waals surface area (Å²) in [5.41, 5.74) is 0.514. The van der Waals surface area contributed by atoms with Gasteiger partial charge in [0.15, 0.2) is 9.84 Å². The number of methoxy groups -OCH3 is 1. The third-order valence-electron chi connectivity index (χ3n) is 3.07. The van der Waals surface area contributed by atoms with Gasteiger partial charge >= 0.3 is 0 Å². The molecule has 0 aromatic heterocycles. The van der Waals surface area contributed by atoms with Crippen molar-refractivity contribution >= 4 is 9.84 Å². The first-order chi connectivity index (χ1) is 8.50. The van der Waals surface area contributed by atoms with E-state index in [0.29, 0.717) is 24.3 Å². The van der Waals surface area contributed by atoms with Crippen LogP contribution in [0.3, 0.4) is 0 Å². The van der Waals surface area contributed by atoms with Gasteiger partial charge in [0, 0.05) is 24.2 Å². The highest BCUT2D eigenvalue weighted by molar-refractivity contribution is 7.91. The molecule has 1 aromatic carbocycles. The van der Waals surface area contributed by atoms with Crippen molar-refractivity contribution in [2.24, 2.45) is 0 Å². The molecule has 1 saturated heterocycles. The Morgan fingerprint density at radius 3 is 2.83 bits per heavy atom. The lowest BCUT2D eigenvalue weighted by molar-refractivity contribution is 0.410. The molecule has 2 rings (SSSR count). The number of halogens is 1. The monoisotopic (exact) mass is 273 g/mol. The van der Waals surface area contributed by atoms with E-state index in [0.717, 1.165) is 0 Å². The molecule has 4 nitrogen and oxygen atoms in total. The highest BCUT2D eigenvalue weighted by atomic mass is 32.2. The second-order valence-electron chi connectivity index (χ2n) is 4.44. The molecule has 100 valence electrons. The summed E-state index contributed by atoms with van der Waals surface area (Å²) >= 11 is 0. The molecule has 0 amide bonds. The lowest BCUT2D eigenvalue weighted by atomic mass is 10.2. The Balaban J connectivity index is 1.95. The zero-order chi connectivity index (χ0) is 13.2. The number of benzene rings is 1. The largest absolute Gasteiger partial charge is 0.497 e. The van der Waals surface area contributed by atoms with Gasteiger partial charge in [-0.2, -0.15) is 0 Å². The minimum atomic E-state index is -2.90. The quantitative estimate of drug-likeness (QED) is 0.893. The van der Waals surface area contributed by atoms with Gasteiger partial charge in [-0.3, -0.25) is 0 Å². The van der Waals surface area contributed by atoms with Crippen molar-refractivity contribution in [1.29, 1.82) is 0 Å². The average molecular weight is 273 g/mol. The zero-order valence-corrected chi connectivity index (χ0v) is 11.0. The summed E-state index contributed by atoms with van der Waals surface area (Å²) in [4.78, 5) is 0. The van der Waals surface area contributed by atoms with E-state index in [1.54, 1.807) is 12.1 Å². The number of rotatable bonds is 4. The molecule has 1 aliphatic heterocycles. The summed E-state index contributed by atoms with van der Waals surface area (Å²) in [5, 5.41) is 3.07. The van der Waals surface area contributed by atoms with Crippen molar-refractivity contribution in [3.8, 4) is 5.75 Å². The van der Waals surface area contributed by atoms with E-state index in [1.807, 2.05) is 0 Å². The maximum absolute atomic E-state index is 13.6. The summed E-state index contributed by atoms with van der Waals surface area (Å²) in [6, 6.07) is 4.58. The molecule has 1 unspecified atom stereocenters. The predicted octanol–water partition coefficient (Wildman–Crippen LogP) is 1.11. The van der Waals surface area contributed by atoms with E-state index in [9.17, 15) is 12.8 Å². The van der Waals surface area contributed by atoms with Crippen LogP contribution in [-0.4, -0.2) is 33.1 Å². The number of hydrogen-bond acceptors (Lipinski definition) is 4. The minimum absolute atomic E-state index is 0.0727. The molecule has 0 radical (unpaired) electrons. The van der Waals surface area contributed by atoms with E-state index in [2.05, 4.69) is 5.32 Å². The molecule has 1 aliphatic rings. The third-order valence-corrected chi connectivity index (χ3v) is 4.84. The van der Waals surface area contributed by atoms with E-state index in [-0.39, 0.29) is 23.4 Å². The minimum Gasteiger partial charge on any atom is -0.497 e. The molecule has 1 heterocycles. The lowest BCUT2D eigenvalue weighted by Crippen LogP contribution is -2.29. The molecule has 0 saturated carbocycles. The van der Waals surface area contributed by atoms with Crippen molar-refractivity contribution in [2.75, 3.05) is 18.6 Å². The fraction of sp³-hybridized carbons (Fsp3) is 0.500. The summed E-state index contributed by atoms with van der Waals surface area (Å²) in [5.74, 6) is 0.489. The predicted molar refractivity (Wildman–Crippen MR) is 66.9 cm³/mol. The Morgan fingerprint density at radius 1 is 1.50 bits per heavy atom. The van der Waals surface area contributed by atoms with Gasteiger partial charge in [0.1, 0.15) is 11.6 Å². The van der Waals surface area contributed by atoms with Gasteiger partial charge in [-0.25, -0.2) is 12.8 Å². The molecule has 0 aliphatic carbocycles. The van der Waals surface area contributed by atoms with Gasteiger partial charge in [-0.1, -0.05) is 6.07 Å². The Bertz CT molecular complexity index is 530. The van der Waals surface area contributed by atoms with Crippen LogP contribution >= 0.6 is 0 Å². The van der Waals surface area contributed by atoms with Crippen molar-refractivity contribution in [1.82, 2.24) is 5.32 Å². The first-order valence-corrected chi connectivity index (χ1v) is 7.58. The third kappa shape index (κ3) is 3.20. The molecule has 1 fully saturated rings. The average Bonchev–Trinajstić information content (AvgIpc) is 2.67. The van der Waals surface area contributed by atoms with Crippen LogP contribution in [0.2, 0.25) is 0 Å². The van der Waals surface area contributed by atoms with Gasteiger partial charge in [-0.15, -0.1) is 0 Å². The Hall–Kier alpha value is -1.14. The van der Waals surface area contributed by atoms with Crippen LogP contribution in [0.4, 0.5) is 4.39 Å². The maximum atomic E-state index is 13.6. The van der Waals surface area contributed by atoms with Gasteiger partial charge in [0.2, 0.25) is 0 Å². The molecule has 1 N–H and O–H groups in total. The highest BCUT2D eigenvalue weighted by Gasteiger charge is 2.27. The summed E-state index contributed by atoms with van der Waals surface area (Å²) in [6.45, 7) is 0.329. The topological polar surface area (TPSA) is 55.4 Å². The smallest absolute Gasteiger partial charge is 0.151 e.